The Kier molecular flexibility index (Phi) is 2.71. The highest BCUT2D eigenvalue weighted by atomic mass is 16.1. The zero-order valence-electron chi connectivity index (χ0n) is 8.85. The van der Waals surface area contributed by atoms with Crippen molar-refractivity contribution in [3.63, 3.8) is 0 Å². The fraction of sp³-hybridized carbons (Fsp3) is 0.500. The first kappa shape index (κ1) is 10.1. The lowest BCUT2D eigenvalue weighted by Crippen LogP contribution is -2.26. The van der Waals surface area contributed by atoms with Crippen LogP contribution in [0.2, 0.25) is 0 Å². The molecule has 0 spiro atoms. The van der Waals surface area contributed by atoms with E-state index >= 15 is 0 Å². The van der Waals surface area contributed by atoms with Gasteiger partial charge >= 0.3 is 0 Å². The lowest BCUT2D eigenvalue weighted by molar-refractivity contribution is -0.122. The lowest BCUT2D eigenvalue weighted by Gasteiger charge is -2.30. The number of rotatable bonds is 1. The predicted octanol–water partition coefficient (Wildman–Crippen LogP) is 1.78. The molecule has 2 unspecified atom stereocenters. The number of hydrogen-bond donors (Lipinski definition) is 0. The summed E-state index contributed by atoms with van der Waals surface area (Å²) in [5.41, 5.74) is 0.0149. The molecule has 3 heteroatoms. The minimum Gasteiger partial charge on any atom is -0.350 e. The average molecular weight is 205 g/mol. The maximum atomic E-state index is 11.4. The first-order chi connectivity index (χ1) is 7.16. The van der Waals surface area contributed by atoms with E-state index in [1.807, 2.05) is 4.57 Å². The first-order valence-corrected chi connectivity index (χ1v) is 5.36. The predicted molar refractivity (Wildman–Crippen MR) is 57.8 cm³/mol. The molecule has 1 saturated carbocycles. The van der Waals surface area contributed by atoms with Crippen LogP contribution in [0.25, 0.3) is 0 Å². The topological polar surface area (TPSA) is 39.1 Å². The summed E-state index contributed by atoms with van der Waals surface area (Å²) in [5, 5.41) is 0. The molecule has 3 nitrogen and oxygen atoms in total. The smallest absolute Gasteiger partial charge is 0.181 e. The third kappa shape index (κ3) is 2.17. The Morgan fingerprint density at radius 3 is 2.60 bits per heavy atom. The zero-order valence-corrected chi connectivity index (χ0v) is 8.85. The van der Waals surface area contributed by atoms with E-state index in [4.69, 9.17) is 0 Å². The Balaban J connectivity index is 2.24. The van der Waals surface area contributed by atoms with Crippen molar-refractivity contribution in [1.82, 2.24) is 4.57 Å². The van der Waals surface area contributed by atoms with Crippen LogP contribution in [0.3, 0.4) is 0 Å². The van der Waals surface area contributed by atoms with Crippen molar-refractivity contribution in [2.24, 2.45) is 5.92 Å². The fourth-order valence-electron chi connectivity index (χ4n) is 2.16. The molecule has 1 aromatic heterocycles. The Bertz CT molecular complexity index is 401. The van der Waals surface area contributed by atoms with E-state index in [1.54, 1.807) is 24.5 Å². The summed E-state index contributed by atoms with van der Waals surface area (Å²) >= 11 is 0. The Hall–Kier alpha value is -1.38. The number of carbonyl (C=O) groups excluding carboxylic acids is 1. The van der Waals surface area contributed by atoms with Crippen molar-refractivity contribution in [3.05, 3.63) is 34.7 Å². The molecule has 0 amide bonds. The normalized spacial score (nSPS) is 26.6. The molecular weight excluding hydrogens is 190 g/mol. The van der Waals surface area contributed by atoms with Crippen LogP contribution in [0.5, 0.6) is 0 Å². The van der Waals surface area contributed by atoms with Crippen molar-refractivity contribution in [3.8, 4) is 0 Å². The monoisotopic (exact) mass is 205 g/mol. The Labute approximate surface area is 88.7 Å². The summed E-state index contributed by atoms with van der Waals surface area (Å²) in [5.74, 6) is 0.835. The van der Waals surface area contributed by atoms with E-state index < -0.39 is 0 Å². The van der Waals surface area contributed by atoms with E-state index in [0.29, 0.717) is 24.5 Å². The average Bonchev–Trinajstić information content (AvgIpc) is 2.23. The van der Waals surface area contributed by atoms with Crippen LogP contribution in [-0.2, 0) is 4.79 Å². The van der Waals surface area contributed by atoms with Crippen molar-refractivity contribution in [1.29, 1.82) is 0 Å². The van der Waals surface area contributed by atoms with Gasteiger partial charge in [-0.15, -0.1) is 0 Å². The number of carbonyl (C=O) groups is 1. The third-order valence-electron chi connectivity index (χ3n) is 3.18. The number of nitrogens with zero attached hydrogens (tertiary/aromatic N) is 1. The minimum absolute atomic E-state index is 0.0149. The largest absolute Gasteiger partial charge is 0.350 e. The summed E-state index contributed by atoms with van der Waals surface area (Å²) < 4.78 is 1.99. The van der Waals surface area contributed by atoms with Gasteiger partial charge in [-0.1, -0.05) is 6.92 Å². The van der Waals surface area contributed by atoms with Gasteiger partial charge < -0.3 is 4.57 Å². The van der Waals surface area contributed by atoms with E-state index in [2.05, 4.69) is 6.92 Å². The van der Waals surface area contributed by atoms with Crippen LogP contribution in [0.4, 0.5) is 0 Å². The van der Waals surface area contributed by atoms with Crippen LogP contribution in [0.15, 0.2) is 29.3 Å². The first-order valence-electron chi connectivity index (χ1n) is 5.36. The molecule has 0 N–H and O–H groups in total. The quantitative estimate of drug-likeness (QED) is 0.701. The molecular formula is C12H15NO2. The molecule has 1 heterocycles. The van der Waals surface area contributed by atoms with E-state index in [0.717, 1.165) is 6.42 Å². The highest BCUT2D eigenvalue weighted by Gasteiger charge is 2.26. The summed E-state index contributed by atoms with van der Waals surface area (Å²) in [6.45, 7) is 2.16. The van der Waals surface area contributed by atoms with Gasteiger partial charge in [0.2, 0.25) is 0 Å². The molecule has 0 bridgehead atoms. The minimum atomic E-state index is 0.0149. The second-order valence-electron chi connectivity index (χ2n) is 4.31. The molecule has 0 saturated heterocycles. The fourth-order valence-corrected chi connectivity index (χ4v) is 2.16. The summed E-state index contributed by atoms with van der Waals surface area (Å²) in [7, 11) is 0. The molecule has 80 valence electrons. The number of hydrogen-bond acceptors (Lipinski definition) is 2. The number of ketones is 1. The van der Waals surface area contributed by atoms with Gasteiger partial charge in [-0.3, -0.25) is 9.59 Å². The van der Waals surface area contributed by atoms with Crippen molar-refractivity contribution < 1.29 is 4.79 Å². The van der Waals surface area contributed by atoms with E-state index in [1.165, 1.54) is 0 Å². The SMILES string of the molecule is CC1CCC(=O)CC1n1ccc(=O)cc1. The maximum Gasteiger partial charge on any atom is 0.181 e. The highest BCUT2D eigenvalue weighted by molar-refractivity contribution is 5.79. The molecule has 1 aliphatic rings. The molecule has 1 aromatic rings. The van der Waals surface area contributed by atoms with Gasteiger partial charge in [-0.05, 0) is 12.3 Å². The lowest BCUT2D eigenvalue weighted by atomic mass is 9.85. The van der Waals surface area contributed by atoms with Gasteiger partial charge in [-0.2, -0.15) is 0 Å². The molecule has 0 aliphatic heterocycles. The molecule has 1 aliphatic carbocycles. The second kappa shape index (κ2) is 4.01. The van der Waals surface area contributed by atoms with Gasteiger partial charge in [-0.25, -0.2) is 0 Å². The maximum absolute atomic E-state index is 11.4. The number of Topliss-reactive ketones (excluding diaryl/α,β-unsaturated/α-hetero) is 1. The molecule has 1 fully saturated rings. The van der Waals surface area contributed by atoms with Crippen molar-refractivity contribution in [2.75, 3.05) is 0 Å². The molecule has 0 aromatic carbocycles. The Morgan fingerprint density at radius 1 is 1.27 bits per heavy atom. The summed E-state index contributed by atoms with van der Waals surface area (Å²) in [4.78, 5) is 22.4. The van der Waals surface area contributed by atoms with E-state index in [-0.39, 0.29) is 11.5 Å². The third-order valence-corrected chi connectivity index (χ3v) is 3.18. The summed E-state index contributed by atoms with van der Waals surface area (Å²) in [6.07, 6.45) is 5.82. The van der Waals surface area contributed by atoms with E-state index in [9.17, 15) is 9.59 Å². The second-order valence-corrected chi connectivity index (χ2v) is 4.31. The van der Waals surface area contributed by atoms with Crippen LogP contribution in [0.1, 0.15) is 32.2 Å². The van der Waals surface area contributed by atoms with Crippen LogP contribution in [0, 0.1) is 5.92 Å². The van der Waals surface area contributed by atoms with Crippen molar-refractivity contribution in [2.45, 2.75) is 32.2 Å². The van der Waals surface area contributed by atoms with Crippen LogP contribution < -0.4 is 5.43 Å². The molecule has 0 radical (unpaired) electrons. The van der Waals surface area contributed by atoms with Gasteiger partial charge in [0.1, 0.15) is 5.78 Å². The highest BCUT2D eigenvalue weighted by Crippen LogP contribution is 2.31. The molecule has 2 rings (SSSR count). The molecule has 15 heavy (non-hydrogen) atoms. The number of pyridine rings is 1. The summed E-state index contributed by atoms with van der Waals surface area (Å²) in [6, 6.07) is 3.32. The van der Waals surface area contributed by atoms with Crippen LogP contribution >= 0.6 is 0 Å². The van der Waals surface area contributed by atoms with Crippen LogP contribution in [-0.4, -0.2) is 10.4 Å². The standard InChI is InChI=1S/C12H15NO2/c1-9-2-3-11(15)8-12(9)13-6-4-10(14)5-7-13/h4-7,9,12H,2-3,8H2,1H3. The van der Waals surface area contributed by atoms with Gasteiger partial charge in [0, 0.05) is 43.4 Å². The zero-order chi connectivity index (χ0) is 10.8. The Morgan fingerprint density at radius 2 is 1.93 bits per heavy atom. The van der Waals surface area contributed by atoms with Gasteiger partial charge in [0.05, 0.1) is 0 Å². The number of aromatic nitrogens is 1. The van der Waals surface area contributed by atoms with Gasteiger partial charge in [0.15, 0.2) is 5.43 Å². The van der Waals surface area contributed by atoms with Crippen molar-refractivity contribution >= 4 is 5.78 Å². The molecule has 2 atom stereocenters. The van der Waals surface area contributed by atoms with Gasteiger partial charge in [0.25, 0.3) is 0 Å².